The second-order valence-corrected chi connectivity index (χ2v) is 7.41. The molecular weight excluding hydrogens is 280 g/mol. The fourth-order valence-corrected chi connectivity index (χ4v) is 4.90. The van der Waals surface area contributed by atoms with E-state index >= 15 is 0 Å². The SMILES string of the molecule is CCN1CCCC1CN(C)c1nc2c(s1)CCCC2NC. The number of likely N-dealkylation sites (N-methyl/N-ethyl adjacent to an activating group) is 2. The second kappa shape index (κ2) is 6.63. The quantitative estimate of drug-likeness (QED) is 0.906. The largest absolute Gasteiger partial charge is 0.350 e. The average Bonchev–Trinajstić information content (AvgIpc) is 3.12. The van der Waals surface area contributed by atoms with Crippen LogP contribution in [0.15, 0.2) is 0 Å². The van der Waals surface area contributed by atoms with Crippen LogP contribution in [0.1, 0.15) is 49.2 Å². The van der Waals surface area contributed by atoms with Gasteiger partial charge in [0.05, 0.1) is 11.7 Å². The summed E-state index contributed by atoms with van der Waals surface area (Å²) >= 11 is 1.91. The first-order valence-corrected chi connectivity index (χ1v) is 9.16. The Balaban J connectivity index is 1.70. The molecule has 118 valence electrons. The van der Waals surface area contributed by atoms with Gasteiger partial charge in [-0.25, -0.2) is 4.98 Å². The van der Waals surface area contributed by atoms with E-state index in [1.54, 1.807) is 0 Å². The van der Waals surface area contributed by atoms with Crippen LogP contribution in [0.3, 0.4) is 0 Å². The summed E-state index contributed by atoms with van der Waals surface area (Å²) in [6, 6.07) is 1.17. The molecule has 0 spiro atoms. The van der Waals surface area contributed by atoms with E-state index in [0.29, 0.717) is 12.1 Å². The van der Waals surface area contributed by atoms with Crippen molar-refractivity contribution < 1.29 is 0 Å². The number of nitrogens with zero attached hydrogens (tertiary/aromatic N) is 3. The molecule has 1 N–H and O–H groups in total. The van der Waals surface area contributed by atoms with Crippen LogP contribution in [0.2, 0.25) is 0 Å². The topological polar surface area (TPSA) is 31.4 Å². The van der Waals surface area contributed by atoms with Crippen LogP contribution in [-0.2, 0) is 6.42 Å². The molecule has 1 aliphatic carbocycles. The number of nitrogens with one attached hydrogen (secondary N) is 1. The van der Waals surface area contributed by atoms with Crippen LogP contribution in [0, 0.1) is 0 Å². The molecule has 0 amide bonds. The molecule has 3 rings (SSSR count). The lowest BCUT2D eigenvalue weighted by atomic mass is 9.98. The molecule has 2 unspecified atom stereocenters. The summed E-state index contributed by atoms with van der Waals surface area (Å²) in [6.45, 7) is 5.84. The molecule has 2 aliphatic rings. The molecule has 1 aromatic rings. The molecule has 0 bridgehead atoms. The highest BCUT2D eigenvalue weighted by molar-refractivity contribution is 7.15. The first-order chi connectivity index (χ1) is 10.2. The zero-order chi connectivity index (χ0) is 14.8. The van der Waals surface area contributed by atoms with Gasteiger partial charge in [0.25, 0.3) is 0 Å². The first kappa shape index (κ1) is 15.3. The first-order valence-electron chi connectivity index (χ1n) is 8.35. The third-order valence-corrected chi connectivity index (χ3v) is 6.25. The highest BCUT2D eigenvalue weighted by atomic mass is 32.1. The van der Waals surface area contributed by atoms with Crippen LogP contribution in [-0.4, -0.2) is 49.7 Å². The van der Waals surface area contributed by atoms with Crippen molar-refractivity contribution in [3.63, 3.8) is 0 Å². The lowest BCUT2D eigenvalue weighted by Crippen LogP contribution is -2.38. The maximum Gasteiger partial charge on any atom is 0.185 e. The van der Waals surface area contributed by atoms with Gasteiger partial charge in [0.15, 0.2) is 5.13 Å². The summed E-state index contributed by atoms with van der Waals surface area (Å²) in [4.78, 5) is 11.5. The number of hydrogen-bond donors (Lipinski definition) is 1. The van der Waals surface area contributed by atoms with Crippen LogP contribution >= 0.6 is 11.3 Å². The molecular formula is C16H28N4S. The molecule has 5 heteroatoms. The van der Waals surface area contributed by atoms with Crippen molar-refractivity contribution in [3.8, 4) is 0 Å². The van der Waals surface area contributed by atoms with Gasteiger partial charge in [0.2, 0.25) is 0 Å². The van der Waals surface area contributed by atoms with E-state index in [1.807, 2.05) is 11.3 Å². The molecule has 2 atom stereocenters. The fraction of sp³-hybridized carbons (Fsp3) is 0.812. The molecule has 2 heterocycles. The summed E-state index contributed by atoms with van der Waals surface area (Å²) in [5.74, 6) is 0. The van der Waals surface area contributed by atoms with Gasteiger partial charge in [-0.2, -0.15) is 0 Å². The van der Waals surface area contributed by atoms with Gasteiger partial charge in [-0.05, 0) is 52.2 Å². The van der Waals surface area contributed by atoms with Gasteiger partial charge in [0.1, 0.15) is 0 Å². The van der Waals surface area contributed by atoms with Gasteiger partial charge in [-0.15, -0.1) is 11.3 Å². The summed E-state index contributed by atoms with van der Waals surface area (Å²) in [7, 11) is 4.27. The Hall–Kier alpha value is -0.650. The Labute approximate surface area is 132 Å². The molecule has 1 aromatic heterocycles. The van der Waals surface area contributed by atoms with Crippen molar-refractivity contribution in [2.75, 3.05) is 38.6 Å². The number of thiazole rings is 1. The number of aryl methyl sites for hydroxylation is 1. The minimum absolute atomic E-state index is 0.464. The highest BCUT2D eigenvalue weighted by Crippen LogP contribution is 2.36. The van der Waals surface area contributed by atoms with E-state index in [0.717, 1.165) is 6.54 Å². The van der Waals surface area contributed by atoms with Gasteiger partial charge in [-0.1, -0.05) is 6.92 Å². The number of fused-ring (bicyclic) bond motifs is 1. The maximum atomic E-state index is 4.96. The van der Waals surface area contributed by atoms with Crippen LogP contribution in [0.4, 0.5) is 5.13 Å². The van der Waals surface area contributed by atoms with Crippen molar-refractivity contribution in [2.24, 2.45) is 0 Å². The van der Waals surface area contributed by atoms with E-state index in [-0.39, 0.29) is 0 Å². The second-order valence-electron chi connectivity index (χ2n) is 6.34. The van der Waals surface area contributed by atoms with Gasteiger partial charge < -0.3 is 10.2 Å². The third kappa shape index (κ3) is 3.10. The van der Waals surface area contributed by atoms with Crippen molar-refractivity contribution >= 4 is 16.5 Å². The summed E-state index contributed by atoms with van der Waals surface area (Å²) in [5, 5.41) is 4.63. The predicted octanol–water partition coefficient (Wildman–Crippen LogP) is 2.66. The minimum atomic E-state index is 0.464. The molecule has 4 nitrogen and oxygen atoms in total. The van der Waals surface area contributed by atoms with Gasteiger partial charge >= 0.3 is 0 Å². The van der Waals surface area contributed by atoms with E-state index in [1.165, 1.54) is 60.9 Å². The van der Waals surface area contributed by atoms with Gasteiger partial charge in [0, 0.05) is 24.5 Å². The van der Waals surface area contributed by atoms with Crippen LogP contribution in [0.25, 0.3) is 0 Å². The summed E-state index contributed by atoms with van der Waals surface area (Å²) in [6.07, 6.45) is 6.41. The molecule has 0 radical (unpaired) electrons. The average molecular weight is 308 g/mol. The van der Waals surface area contributed by atoms with Crippen LogP contribution in [0.5, 0.6) is 0 Å². The smallest absolute Gasteiger partial charge is 0.185 e. The van der Waals surface area contributed by atoms with Crippen molar-refractivity contribution in [1.82, 2.24) is 15.2 Å². The standard InChI is InChI=1S/C16H28N4S/c1-4-20-10-6-7-12(20)11-19(3)16-18-15-13(17-2)8-5-9-14(15)21-16/h12-13,17H,4-11H2,1-3H3. The zero-order valence-electron chi connectivity index (χ0n) is 13.6. The predicted molar refractivity (Wildman–Crippen MR) is 90.4 cm³/mol. The Morgan fingerprint density at radius 2 is 2.24 bits per heavy atom. The summed E-state index contributed by atoms with van der Waals surface area (Å²) < 4.78 is 0. The normalized spacial score (nSPS) is 26.0. The zero-order valence-corrected chi connectivity index (χ0v) is 14.4. The third-order valence-electron chi connectivity index (χ3n) is 5.01. The lowest BCUT2D eigenvalue weighted by molar-refractivity contribution is 0.270. The Kier molecular flexibility index (Phi) is 4.82. The Morgan fingerprint density at radius 1 is 1.38 bits per heavy atom. The van der Waals surface area contributed by atoms with Crippen molar-refractivity contribution in [3.05, 3.63) is 10.6 Å². The fourth-order valence-electron chi connectivity index (χ4n) is 3.76. The molecule has 0 aromatic carbocycles. The molecule has 1 saturated heterocycles. The maximum absolute atomic E-state index is 4.96. The number of rotatable bonds is 5. The number of anilines is 1. The van der Waals surface area contributed by atoms with Crippen molar-refractivity contribution in [2.45, 2.75) is 51.1 Å². The molecule has 1 fully saturated rings. The molecule has 1 aliphatic heterocycles. The van der Waals surface area contributed by atoms with E-state index < -0.39 is 0 Å². The monoisotopic (exact) mass is 308 g/mol. The number of hydrogen-bond acceptors (Lipinski definition) is 5. The molecule has 0 saturated carbocycles. The molecule has 21 heavy (non-hydrogen) atoms. The summed E-state index contributed by atoms with van der Waals surface area (Å²) in [5.41, 5.74) is 1.31. The van der Waals surface area contributed by atoms with Gasteiger partial charge in [-0.3, -0.25) is 4.90 Å². The lowest BCUT2D eigenvalue weighted by Gasteiger charge is -2.27. The van der Waals surface area contributed by atoms with Crippen molar-refractivity contribution in [1.29, 1.82) is 0 Å². The Morgan fingerprint density at radius 3 is 3.00 bits per heavy atom. The van der Waals surface area contributed by atoms with E-state index in [4.69, 9.17) is 4.98 Å². The minimum Gasteiger partial charge on any atom is -0.350 e. The Bertz CT molecular complexity index is 473. The van der Waals surface area contributed by atoms with E-state index in [2.05, 4.69) is 36.1 Å². The van der Waals surface area contributed by atoms with Crippen LogP contribution < -0.4 is 10.2 Å². The highest BCUT2D eigenvalue weighted by Gasteiger charge is 2.27. The number of likely N-dealkylation sites (tertiary alicyclic amines) is 1. The number of aromatic nitrogens is 1. The van der Waals surface area contributed by atoms with E-state index in [9.17, 15) is 0 Å².